The van der Waals surface area contributed by atoms with Crippen molar-refractivity contribution in [2.75, 3.05) is 13.2 Å². The van der Waals surface area contributed by atoms with Gasteiger partial charge in [-0.05, 0) is 12.8 Å². The van der Waals surface area contributed by atoms with E-state index in [2.05, 4.69) is 20.3 Å². The Kier molecular flexibility index (Phi) is 8.40. The molecule has 0 aromatic carbocycles. The maximum absolute atomic E-state index is 10.2. The molecule has 0 radical (unpaired) electrons. The highest BCUT2D eigenvalue weighted by Gasteiger charge is 2.44. The first-order valence-electron chi connectivity index (χ1n) is 9.22. The first kappa shape index (κ1) is 24.2. The van der Waals surface area contributed by atoms with Gasteiger partial charge in [-0.15, -0.1) is 0 Å². The molecule has 1 aliphatic heterocycles. The van der Waals surface area contributed by atoms with E-state index >= 15 is 0 Å². The molecule has 31 heavy (non-hydrogen) atoms. The highest BCUT2D eigenvalue weighted by atomic mass is 16.6. The summed E-state index contributed by atoms with van der Waals surface area (Å²) in [5.41, 5.74) is 10.6. The number of carboxylic acids is 1. The summed E-state index contributed by atoms with van der Waals surface area (Å²) >= 11 is 0. The number of hydrogen-bond acceptors (Lipinski definition) is 11. The van der Waals surface area contributed by atoms with E-state index in [4.69, 9.17) is 31.8 Å². The van der Waals surface area contributed by atoms with Gasteiger partial charge in [-0.1, -0.05) is 0 Å². The van der Waals surface area contributed by atoms with E-state index in [1.165, 1.54) is 10.9 Å². The fraction of sp³-hybridized carbons (Fsp3) is 0.562. The Balaban J connectivity index is 0.000000248. The van der Waals surface area contributed by atoms with Crippen molar-refractivity contribution in [2.24, 2.45) is 11.5 Å². The van der Waals surface area contributed by atoms with Crippen LogP contribution in [0.3, 0.4) is 0 Å². The van der Waals surface area contributed by atoms with Gasteiger partial charge in [-0.2, -0.15) is 4.98 Å². The quantitative estimate of drug-likeness (QED) is 0.116. The Morgan fingerprint density at radius 1 is 1.32 bits per heavy atom. The van der Waals surface area contributed by atoms with Crippen molar-refractivity contribution in [3.05, 3.63) is 12.7 Å². The van der Waals surface area contributed by atoms with Crippen LogP contribution in [-0.4, -0.2) is 94.5 Å². The van der Waals surface area contributed by atoms with Gasteiger partial charge < -0.3 is 47.1 Å². The number of aliphatic hydroxyl groups is 3. The third-order valence-corrected chi connectivity index (χ3v) is 4.46. The van der Waals surface area contributed by atoms with E-state index in [9.17, 15) is 20.1 Å². The number of aromatic nitrogens is 4. The van der Waals surface area contributed by atoms with Gasteiger partial charge >= 0.3 is 5.97 Å². The lowest BCUT2D eigenvalue weighted by Gasteiger charge is -2.16. The number of rotatable bonds is 7. The number of ether oxygens (including phenoxy) is 1. The molecular formula is C16H26N8O7. The molecule has 2 aromatic rings. The second kappa shape index (κ2) is 10.8. The molecule has 5 atom stereocenters. The number of aliphatic carboxylic acids is 1. The standard InChI is InChI=1S/C10H12N4O5.C6H14N4O2/c15-1-4-6(16)7(17)10(19-4)14-3-13-5-8(14)11-2-12-9(5)18;7-4(5(11)12)2-1-3-10-6(8)9/h2-4,6-7,10,15-17H,1H2,(H,11,12,18);4H,1-3,7H2,(H,11,12)(H4,8,9,10)/t4-,6-,7-,10-;4-/m10/s1. The minimum Gasteiger partial charge on any atom is -0.492 e. The Morgan fingerprint density at radius 2 is 2.03 bits per heavy atom. The second-order valence-electron chi connectivity index (χ2n) is 6.68. The zero-order valence-corrected chi connectivity index (χ0v) is 16.4. The van der Waals surface area contributed by atoms with Crippen LogP contribution >= 0.6 is 0 Å². The summed E-state index contributed by atoms with van der Waals surface area (Å²) in [6, 6.07) is -0.821. The molecule has 0 saturated carbocycles. The third kappa shape index (κ3) is 5.96. The van der Waals surface area contributed by atoms with E-state index in [0.29, 0.717) is 19.4 Å². The first-order chi connectivity index (χ1) is 14.7. The van der Waals surface area contributed by atoms with Gasteiger partial charge in [0.1, 0.15) is 30.7 Å². The van der Waals surface area contributed by atoms with Crippen molar-refractivity contribution in [3.63, 3.8) is 0 Å². The lowest BCUT2D eigenvalue weighted by molar-refractivity contribution is -0.138. The minimum absolute atomic E-state index is 0.112. The molecule has 15 nitrogen and oxygen atoms in total. The van der Waals surface area contributed by atoms with E-state index in [1.54, 1.807) is 0 Å². The van der Waals surface area contributed by atoms with Crippen molar-refractivity contribution >= 4 is 23.1 Å². The van der Waals surface area contributed by atoms with Gasteiger partial charge in [0.15, 0.2) is 23.4 Å². The molecule has 0 bridgehead atoms. The van der Waals surface area contributed by atoms with Crippen molar-refractivity contribution in [1.29, 1.82) is 5.41 Å². The number of nitrogens with two attached hydrogens (primary N) is 2. The smallest absolute Gasteiger partial charge is 0.320 e. The summed E-state index contributed by atoms with van der Waals surface area (Å²) in [5, 5.41) is 55.9. The SMILES string of the molecule is N=C(N)NCCC[C@H](N)C(=O)O.OC[C@H]1O[C@@H](n2cnc3c(O)ncnc32)[C@H](O)[C@@H]1O. The molecular weight excluding hydrogens is 416 g/mol. The predicted octanol–water partition coefficient (Wildman–Crippen LogP) is -3.20. The number of fused-ring (bicyclic) bond motifs is 1. The van der Waals surface area contributed by atoms with Gasteiger partial charge in [-0.25, -0.2) is 9.97 Å². The van der Waals surface area contributed by atoms with Crippen molar-refractivity contribution < 1.29 is 35.1 Å². The molecule has 0 aliphatic carbocycles. The topological polar surface area (TPSA) is 259 Å². The summed E-state index contributed by atoms with van der Waals surface area (Å²) in [6.07, 6.45) is -0.812. The van der Waals surface area contributed by atoms with E-state index in [-0.39, 0.29) is 23.0 Å². The van der Waals surface area contributed by atoms with Crippen LogP contribution in [0.15, 0.2) is 12.7 Å². The number of nitrogens with one attached hydrogen (secondary N) is 2. The van der Waals surface area contributed by atoms with Crippen LogP contribution in [0.5, 0.6) is 5.88 Å². The minimum atomic E-state index is -1.23. The van der Waals surface area contributed by atoms with Crippen LogP contribution < -0.4 is 16.8 Å². The predicted molar refractivity (Wildman–Crippen MR) is 105 cm³/mol. The number of carboxylic acid groups (broad SMARTS) is 1. The molecule has 172 valence electrons. The lowest BCUT2D eigenvalue weighted by Crippen LogP contribution is -2.34. The summed E-state index contributed by atoms with van der Waals surface area (Å²) in [4.78, 5) is 21.7. The summed E-state index contributed by atoms with van der Waals surface area (Å²) in [5.74, 6) is -1.40. The monoisotopic (exact) mass is 442 g/mol. The second-order valence-corrected chi connectivity index (χ2v) is 6.68. The average molecular weight is 442 g/mol. The van der Waals surface area contributed by atoms with Crippen molar-refractivity contribution in [1.82, 2.24) is 24.8 Å². The molecule has 3 heterocycles. The number of nitrogens with zero attached hydrogens (tertiary/aromatic N) is 4. The highest BCUT2D eigenvalue weighted by Crippen LogP contribution is 2.32. The number of guanidine groups is 1. The Morgan fingerprint density at radius 3 is 2.61 bits per heavy atom. The number of aromatic hydroxyl groups is 1. The van der Waals surface area contributed by atoms with Crippen LogP contribution in [-0.2, 0) is 9.53 Å². The van der Waals surface area contributed by atoms with Crippen molar-refractivity contribution in [3.8, 4) is 5.88 Å². The van der Waals surface area contributed by atoms with Gasteiger partial charge in [0.05, 0.1) is 12.9 Å². The number of imidazole rings is 1. The first-order valence-corrected chi connectivity index (χ1v) is 9.22. The molecule has 2 aromatic heterocycles. The van der Waals surface area contributed by atoms with Gasteiger partial charge in [0, 0.05) is 6.54 Å². The van der Waals surface area contributed by atoms with Crippen LogP contribution in [0, 0.1) is 5.41 Å². The van der Waals surface area contributed by atoms with E-state index < -0.39 is 43.2 Å². The summed E-state index contributed by atoms with van der Waals surface area (Å²) in [6.45, 7) is 0.0674. The molecule has 1 fully saturated rings. The molecule has 0 amide bonds. The van der Waals surface area contributed by atoms with Gasteiger partial charge in [0.2, 0.25) is 5.88 Å². The van der Waals surface area contributed by atoms with Gasteiger partial charge in [0.25, 0.3) is 0 Å². The van der Waals surface area contributed by atoms with E-state index in [0.717, 1.165) is 6.33 Å². The maximum atomic E-state index is 10.2. The van der Waals surface area contributed by atoms with E-state index in [1.807, 2.05) is 0 Å². The van der Waals surface area contributed by atoms with Crippen LogP contribution in [0.25, 0.3) is 11.2 Å². The van der Waals surface area contributed by atoms with Crippen LogP contribution in [0.1, 0.15) is 19.1 Å². The fourth-order valence-corrected chi connectivity index (χ4v) is 2.80. The average Bonchev–Trinajstić information content (AvgIpc) is 3.27. The van der Waals surface area contributed by atoms with Gasteiger partial charge in [-0.3, -0.25) is 14.8 Å². The van der Waals surface area contributed by atoms with Crippen LogP contribution in [0.4, 0.5) is 0 Å². The van der Waals surface area contributed by atoms with Crippen LogP contribution in [0.2, 0.25) is 0 Å². The molecule has 0 spiro atoms. The molecule has 0 unspecified atom stereocenters. The highest BCUT2D eigenvalue weighted by molar-refractivity contribution is 5.75. The largest absolute Gasteiger partial charge is 0.492 e. The number of hydrogen-bond donors (Lipinski definition) is 9. The molecule has 1 saturated heterocycles. The number of aliphatic hydroxyl groups excluding tert-OH is 3. The molecule has 15 heteroatoms. The summed E-state index contributed by atoms with van der Waals surface area (Å²) in [7, 11) is 0. The normalized spacial score (nSPS) is 23.7. The molecule has 11 N–H and O–H groups in total. The summed E-state index contributed by atoms with van der Waals surface area (Å²) < 4.78 is 6.73. The third-order valence-electron chi connectivity index (χ3n) is 4.46. The maximum Gasteiger partial charge on any atom is 0.320 e. The Labute approximate surface area is 175 Å². The Bertz CT molecular complexity index is 894. The molecule has 3 rings (SSSR count). The molecule has 1 aliphatic rings. The van der Waals surface area contributed by atoms with Crippen molar-refractivity contribution in [2.45, 2.75) is 43.4 Å². The zero-order valence-electron chi connectivity index (χ0n) is 16.4. The lowest BCUT2D eigenvalue weighted by atomic mass is 10.1. The zero-order chi connectivity index (χ0) is 23.1. The fourth-order valence-electron chi connectivity index (χ4n) is 2.80. The number of carbonyl (C=O) groups is 1. The Hall–Kier alpha value is -3.11.